The van der Waals surface area contributed by atoms with E-state index in [4.69, 9.17) is 27.9 Å². The second kappa shape index (κ2) is 7.73. The summed E-state index contributed by atoms with van der Waals surface area (Å²) < 4.78 is 5.63. The van der Waals surface area contributed by atoms with Crippen LogP contribution in [0.25, 0.3) is 0 Å². The first-order chi connectivity index (χ1) is 11.1. The number of nitrogens with zero attached hydrogens (tertiary/aromatic N) is 1. The van der Waals surface area contributed by atoms with Gasteiger partial charge < -0.3 is 15.0 Å². The largest absolute Gasteiger partial charge is 0.492 e. The van der Waals surface area contributed by atoms with Gasteiger partial charge in [-0.05, 0) is 37.8 Å². The zero-order valence-corrected chi connectivity index (χ0v) is 14.6. The Morgan fingerprint density at radius 3 is 2.96 bits per heavy atom. The monoisotopic (exact) mass is 356 g/mol. The third-order valence-corrected chi connectivity index (χ3v) is 5.39. The van der Waals surface area contributed by atoms with E-state index in [9.17, 15) is 4.79 Å². The average Bonchev–Trinajstić information content (AvgIpc) is 2.86. The Kier molecular flexibility index (Phi) is 5.67. The molecule has 23 heavy (non-hydrogen) atoms. The fourth-order valence-corrected chi connectivity index (χ4v) is 3.68. The Labute approximate surface area is 147 Å². The summed E-state index contributed by atoms with van der Waals surface area (Å²) in [6.45, 7) is 2.17. The van der Waals surface area contributed by atoms with Crippen LogP contribution in [-0.2, 0) is 4.79 Å². The van der Waals surface area contributed by atoms with E-state index in [1.165, 1.54) is 12.8 Å². The van der Waals surface area contributed by atoms with Crippen LogP contribution in [0.15, 0.2) is 18.2 Å². The number of likely N-dealkylation sites (tertiary alicyclic amines) is 1. The summed E-state index contributed by atoms with van der Waals surface area (Å²) in [5.41, 5.74) is 0. The molecule has 0 saturated carbocycles. The molecule has 1 N–H and O–H groups in total. The van der Waals surface area contributed by atoms with E-state index in [0.29, 0.717) is 47.3 Å². The minimum absolute atomic E-state index is 0.222. The molecule has 1 amide bonds. The van der Waals surface area contributed by atoms with Crippen LogP contribution in [0.4, 0.5) is 0 Å². The van der Waals surface area contributed by atoms with Crippen LogP contribution in [0.3, 0.4) is 0 Å². The van der Waals surface area contributed by atoms with Gasteiger partial charge in [0.25, 0.3) is 0 Å². The molecule has 2 unspecified atom stereocenters. The third-order valence-electron chi connectivity index (χ3n) is 4.58. The first kappa shape index (κ1) is 16.9. The molecule has 2 atom stereocenters. The van der Waals surface area contributed by atoms with Crippen molar-refractivity contribution in [1.82, 2.24) is 10.2 Å². The van der Waals surface area contributed by atoms with Crippen molar-refractivity contribution in [2.45, 2.75) is 44.2 Å². The molecule has 2 aliphatic heterocycles. The molecule has 2 heterocycles. The maximum absolute atomic E-state index is 12.4. The lowest BCUT2D eigenvalue weighted by Gasteiger charge is -2.24. The van der Waals surface area contributed by atoms with Crippen molar-refractivity contribution in [3.05, 3.63) is 28.2 Å². The zero-order chi connectivity index (χ0) is 16.2. The van der Waals surface area contributed by atoms with E-state index >= 15 is 0 Å². The quantitative estimate of drug-likeness (QED) is 0.820. The molecule has 0 aliphatic carbocycles. The molecule has 2 saturated heterocycles. The zero-order valence-electron chi connectivity index (χ0n) is 13.1. The fraction of sp³-hybridized carbons (Fsp3) is 0.588. The highest BCUT2D eigenvalue weighted by Gasteiger charge is 2.30. The van der Waals surface area contributed by atoms with Crippen molar-refractivity contribution >= 4 is 29.1 Å². The number of halogens is 2. The maximum Gasteiger partial charge on any atom is 0.222 e. The lowest BCUT2D eigenvalue weighted by Crippen LogP contribution is -2.39. The molecule has 0 radical (unpaired) electrons. The summed E-state index contributed by atoms with van der Waals surface area (Å²) in [4.78, 5) is 14.4. The first-order valence-electron chi connectivity index (χ1n) is 8.24. The topological polar surface area (TPSA) is 41.6 Å². The van der Waals surface area contributed by atoms with Gasteiger partial charge >= 0.3 is 0 Å². The van der Waals surface area contributed by atoms with Gasteiger partial charge in [-0.2, -0.15) is 0 Å². The highest BCUT2D eigenvalue weighted by atomic mass is 35.5. The number of amides is 1. The number of carbonyl (C=O) groups is 1. The second-order valence-electron chi connectivity index (χ2n) is 6.27. The first-order valence-corrected chi connectivity index (χ1v) is 8.99. The van der Waals surface area contributed by atoms with Crippen LogP contribution in [0.1, 0.15) is 32.1 Å². The summed E-state index contributed by atoms with van der Waals surface area (Å²) in [6.07, 6.45) is 4.69. The highest BCUT2D eigenvalue weighted by molar-refractivity contribution is 6.42. The van der Waals surface area contributed by atoms with Crippen molar-refractivity contribution in [2.24, 2.45) is 0 Å². The average molecular weight is 357 g/mol. The van der Waals surface area contributed by atoms with Crippen LogP contribution in [0.2, 0.25) is 10.0 Å². The van der Waals surface area contributed by atoms with E-state index in [2.05, 4.69) is 5.32 Å². The molecule has 2 fully saturated rings. The smallest absolute Gasteiger partial charge is 0.222 e. The van der Waals surface area contributed by atoms with Crippen molar-refractivity contribution in [1.29, 1.82) is 0 Å². The van der Waals surface area contributed by atoms with E-state index in [0.717, 1.165) is 19.5 Å². The Morgan fingerprint density at radius 2 is 2.09 bits per heavy atom. The number of hydrogen-bond acceptors (Lipinski definition) is 3. The summed E-state index contributed by atoms with van der Waals surface area (Å²) in [5, 5.41) is 4.50. The Balaban J connectivity index is 1.42. The molecule has 1 aromatic carbocycles. The predicted molar refractivity (Wildman–Crippen MR) is 92.3 cm³/mol. The number of rotatable bonds is 5. The Bertz CT molecular complexity index is 568. The van der Waals surface area contributed by atoms with Crippen LogP contribution < -0.4 is 10.1 Å². The molecule has 6 heteroatoms. The number of hydrogen-bond donors (Lipinski definition) is 1. The Hall–Kier alpha value is -0.970. The van der Waals surface area contributed by atoms with Crippen LogP contribution in [-0.4, -0.2) is 42.6 Å². The minimum Gasteiger partial charge on any atom is -0.492 e. The molecule has 3 rings (SSSR count). The van der Waals surface area contributed by atoms with Gasteiger partial charge in [-0.15, -0.1) is 0 Å². The highest BCUT2D eigenvalue weighted by Crippen LogP contribution is 2.31. The summed E-state index contributed by atoms with van der Waals surface area (Å²) in [7, 11) is 0. The molecular weight excluding hydrogens is 335 g/mol. The van der Waals surface area contributed by atoms with Crippen molar-refractivity contribution in [2.75, 3.05) is 19.7 Å². The SMILES string of the molecule is O=C(CCCOc1cccc(Cl)c1Cl)N1CCC2CCC(C1)N2. The van der Waals surface area contributed by atoms with Crippen molar-refractivity contribution in [3.8, 4) is 5.75 Å². The van der Waals surface area contributed by atoms with Gasteiger partial charge in [0.1, 0.15) is 10.8 Å². The van der Waals surface area contributed by atoms with Crippen molar-refractivity contribution in [3.63, 3.8) is 0 Å². The fourth-order valence-electron chi connectivity index (χ4n) is 3.33. The number of benzene rings is 1. The van der Waals surface area contributed by atoms with E-state index in [1.54, 1.807) is 18.2 Å². The molecule has 2 aliphatic rings. The van der Waals surface area contributed by atoms with E-state index in [-0.39, 0.29) is 5.91 Å². The predicted octanol–water partition coefficient (Wildman–Crippen LogP) is 3.51. The number of ether oxygens (including phenoxy) is 1. The maximum atomic E-state index is 12.4. The van der Waals surface area contributed by atoms with Gasteiger partial charge in [-0.3, -0.25) is 4.79 Å². The number of nitrogens with one attached hydrogen (secondary N) is 1. The van der Waals surface area contributed by atoms with Crippen LogP contribution in [0.5, 0.6) is 5.75 Å². The van der Waals surface area contributed by atoms with Crippen LogP contribution in [0, 0.1) is 0 Å². The van der Waals surface area contributed by atoms with Gasteiger partial charge in [0.05, 0.1) is 11.6 Å². The third kappa shape index (κ3) is 4.31. The lowest BCUT2D eigenvalue weighted by atomic mass is 10.1. The van der Waals surface area contributed by atoms with Crippen LogP contribution >= 0.6 is 23.2 Å². The second-order valence-corrected chi connectivity index (χ2v) is 7.06. The molecule has 1 aromatic rings. The molecule has 2 bridgehead atoms. The normalized spacial score (nSPS) is 23.7. The van der Waals surface area contributed by atoms with Gasteiger partial charge in [0.2, 0.25) is 5.91 Å². The lowest BCUT2D eigenvalue weighted by molar-refractivity contribution is -0.131. The summed E-state index contributed by atoms with van der Waals surface area (Å²) in [5.74, 6) is 0.794. The minimum atomic E-state index is 0.222. The Morgan fingerprint density at radius 1 is 1.26 bits per heavy atom. The summed E-state index contributed by atoms with van der Waals surface area (Å²) >= 11 is 12.0. The summed E-state index contributed by atoms with van der Waals surface area (Å²) in [6, 6.07) is 6.39. The van der Waals surface area contributed by atoms with E-state index < -0.39 is 0 Å². The van der Waals surface area contributed by atoms with Gasteiger partial charge in [0.15, 0.2) is 0 Å². The molecule has 0 spiro atoms. The van der Waals surface area contributed by atoms with Gasteiger partial charge in [0, 0.05) is 31.6 Å². The number of fused-ring (bicyclic) bond motifs is 2. The molecule has 4 nitrogen and oxygen atoms in total. The molecule has 126 valence electrons. The molecular formula is C17H22Cl2N2O2. The van der Waals surface area contributed by atoms with Crippen molar-refractivity contribution < 1.29 is 9.53 Å². The number of carbonyl (C=O) groups excluding carboxylic acids is 1. The standard InChI is InChI=1S/C17H22Cl2N2O2/c18-14-3-1-4-15(17(14)19)23-10-2-5-16(22)21-9-8-12-6-7-13(11-21)20-12/h1,3-4,12-13,20H,2,5-11H2. The van der Waals surface area contributed by atoms with E-state index in [1.807, 2.05) is 4.90 Å². The molecule has 0 aromatic heterocycles. The van der Waals surface area contributed by atoms with Gasteiger partial charge in [-0.25, -0.2) is 0 Å². The van der Waals surface area contributed by atoms with Gasteiger partial charge in [-0.1, -0.05) is 29.3 Å².